The Morgan fingerprint density at radius 1 is 0.667 bits per heavy atom. The molecule has 2 N–H and O–H groups in total. The van der Waals surface area contributed by atoms with Gasteiger partial charge in [-0.15, -0.1) is 0 Å². The van der Waals surface area contributed by atoms with Crippen molar-refractivity contribution in [1.29, 1.82) is 0 Å². The maximum absolute atomic E-state index is 12.9. The summed E-state index contributed by atoms with van der Waals surface area (Å²) in [6.07, 6.45) is -0.0410. The van der Waals surface area contributed by atoms with Crippen LogP contribution in [-0.4, -0.2) is 21.5 Å². The van der Waals surface area contributed by atoms with Gasteiger partial charge in [-0.1, -0.05) is 24.3 Å². The van der Waals surface area contributed by atoms with Gasteiger partial charge >= 0.3 is 0 Å². The molecule has 0 aliphatic heterocycles. The van der Waals surface area contributed by atoms with Crippen molar-refractivity contribution in [3.05, 3.63) is 58.7 Å². The molecule has 5 aromatic rings. The number of carbonyl (C=O) groups is 2. The summed E-state index contributed by atoms with van der Waals surface area (Å²) in [5.74, 6) is -0.150. The zero-order valence-corrected chi connectivity index (χ0v) is 15.0. The van der Waals surface area contributed by atoms with E-state index in [0.717, 1.165) is 54.7 Å². The Kier molecular flexibility index (Phi) is 2.54. The molecule has 3 aromatic carbocycles. The number of H-pyrrole nitrogens is 2. The van der Waals surface area contributed by atoms with Gasteiger partial charge < -0.3 is 9.97 Å². The fraction of sp³-hybridized carbons (Fsp3) is 0.130. The molecule has 0 spiro atoms. The minimum atomic E-state index is -0.0750. The molecule has 0 bridgehead atoms. The highest BCUT2D eigenvalue weighted by molar-refractivity contribution is 6.40. The molecule has 130 valence electrons. The average molecular weight is 352 g/mol. The Morgan fingerprint density at radius 3 is 1.56 bits per heavy atom. The molecule has 0 atom stereocenters. The molecule has 4 nitrogen and oxygen atoms in total. The van der Waals surface area contributed by atoms with Crippen molar-refractivity contribution in [2.75, 3.05) is 0 Å². The van der Waals surface area contributed by atoms with Gasteiger partial charge in [-0.05, 0) is 37.1 Å². The molecule has 1 aliphatic rings. The Bertz CT molecular complexity index is 1380. The van der Waals surface area contributed by atoms with Crippen LogP contribution in [0.3, 0.4) is 0 Å². The zero-order valence-electron chi connectivity index (χ0n) is 15.0. The SMILES string of the molecule is Cc1cccc2[nH]c3c4[nH]c5cccc(C)c5c4c4c(c3c12)C(=O)CC4=O. The molecule has 0 saturated heterocycles. The highest BCUT2D eigenvalue weighted by atomic mass is 16.2. The minimum absolute atomic E-state index is 0.0410. The third kappa shape index (κ3) is 1.63. The van der Waals surface area contributed by atoms with Crippen LogP contribution < -0.4 is 0 Å². The first-order valence-corrected chi connectivity index (χ1v) is 9.10. The van der Waals surface area contributed by atoms with Crippen molar-refractivity contribution < 1.29 is 9.59 Å². The Balaban J connectivity index is 2.04. The summed E-state index contributed by atoms with van der Waals surface area (Å²) in [6, 6.07) is 12.1. The molecular weight excluding hydrogens is 336 g/mol. The van der Waals surface area contributed by atoms with Crippen molar-refractivity contribution in [3.8, 4) is 0 Å². The molecule has 2 heterocycles. The Hall–Kier alpha value is -3.40. The summed E-state index contributed by atoms with van der Waals surface area (Å²) in [5, 5.41) is 3.82. The van der Waals surface area contributed by atoms with E-state index < -0.39 is 0 Å². The van der Waals surface area contributed by atoms with Gasteiger partial charge in [0.25, 0.3) is 0 Å². The van der Waals surface area contributed by atoms with E-state index in [2.05, 4.69) is 9.97 Å². The first kappa shape index (κ1) is 14.7. The second-order valence-corrected chi connectivity index (χ2v) is 7.52. The van der Waals surface area contributed by atoms with Crippen LogP contribution in [0.25, 0.3) is 43.6 Å². The van der Waals surface area contributed by atoms with Gasteiger partial charge in [-0.25, -0.2) is 0 Å². The lowest BCUT2D eigenvalue weighted by Gasteiger charge is -2.06. The van der Waals surface area contributed by atoms with Gasteiger partial charge in [-0.3, -0.25) is 9.59 Å². The number of hydrogen-bond acceptors (Lipinski definition) is 2. The standard InChI is InChI=1S/C23H16N2O2/c1-10-5-3-7-12-16(10)20-18-14(26)9-15(27)19(18)21-17-11(2)6-4-8-13(17)25-23(21)22(20)24-12/h3-8,24-25H,9H2,1-2H3. The summed E-state index contributed by atoms with van der Waals surface area (Å²) in [4.78, 5) is 32.8. The Morgan fingerprint density at radius 2 is 1.11 bits per heavy atom. The fourth-order valence-corrected chi connectivity index (χ4v) is 4.86. The molecule has 0 fully saturated rings. The number of nitrogens with one attached hydrogen (secondary N) is 2. The second kappa shape index (κ2) is 4.65. The second-order valence-electron chi connectivity index (χ2n) is 7.52. The number of carbonyl (C=O) groups excluding carboxylic acids is 2. The fourth-order valence-electron chi connectivity index (χ4n) is 4.86. The smallest absolute Gasteiger partial charge is 0.172 e. The average Bonchev–Trinajstić information content (AvgIpc) is 3.27. The predicted molar refractivity (Wildman–Crippen MR) is 108 cm³/mol. The monoisotopic (exact) mass is 352 g/mol. The number of aromatic nitrogens is 2. The van der Waals surface area contributed by atoms with Crippen LogP contribution in [0.15, 0.2) is 36.4 Å². The van der Waals surface area contributed by atoms with Crippen molar-refractivity contribution in [1.82, 2.24) is 9.97 Å². The van der Waals surface area contributed by atoms with E-state index >= 15 is 0 Å². The molecule has 4 heteroatoms. The molecular formula is C23H16N2O2. The van der Waals surface area contributed by atoms with Gasteiger partial charge in [0.05, 0.1) is 17.5 Å². The quantitative estimate of drug-likeness (QED) is 0.369. The van der Waals surface area contributed by atoms with Crippen molar-refractivity contribution in [2.45, 2.75) is 20.3 Å². The maximum atomic E-state index is 12.9. The van der Waals surface area contributed by atoms with E-state index in [1.54, 1.807) is 0 Å². The summed E-state index contributed by atoms with van der Waals surface area (Å²) in [7, 11) is 0. The summed E-state index contributed by atoms with van der Waals surface area (Å²) in [6.45, 7) is 4.09. The number of aryl methyl sites for hydroxylation is 2. The van der Waals surface area contributed by atoms with Gasteiger partial charge in [-0.2, -0.15) is 0 Å². The minimum Gasteiger partial charge on any atom is -0.353 e. The van der Waals surface area contributed by atoms with Crippen molar-refractivity contribution in [2.24, 2.45) is 0 Å². The lowest BCUT2D eigenvalue weighted by molar-refractivity contribution is 0.0924. The van der Waals surface area contributed by atoms with Crippen LogP contribution in [0.4, 0.5) is 0 Å². The lowest BCUT2D eigenvalue weighted by Crippen LogP contribution is -1.95. The number of Topliss-reactive ketones (excluding diaryl/α,β-unsaturated/α-hetero) is 2. The van der Waals surface area contributed by atoms with Crippen LogP contribution in [-0.2, 0) is 0 Å². The Labute approximate surface area is 154 Å². The number of benzene rings is 3. The summed E-state index contributed by atoms with van der Waals surface area (Å²) < 4.78 is 0. The topological polar surface area (TPSA) is 65.7 Å². The largest absolute Gasteiger partial charge is 0.353 e. The first-order valence-electron chi connectivity index (χ1n) is 9.10. The molecule has 27 heavy (non-hydrogen) atoms. The highest BCUT2D eigenvalue weighted by Gasteiger charge is 2.35. The maximum Gasteiger partial charge on any atom is 0.172 e. The normalized spacial score (nSPS) is 14.3. The van der Waals surface area contributed by atoms with E-state index in [0.29, 0.717) is 11.1 Å². The van der Waals surface area contributed by atoms with Crippen LogP contribution in [0, 0.1) is 13.8 Å². The van der Waals surface area contributed by atoms with Crippen molar-refractivity contribution in [3.63, 3.8) is 0 Å². The van der Waals surface area contributed by atoms with E-state index in [9.17, 15) is 9.59 Å². The molecule has 0 unspecified atom stereocenters. The number of aromatic amines is 2. The number of fused-ring (bicyclic) bond motifs is 10. The molecule has 1 aliphatic carbocycles. The van der Waals surface area contributed by atoms with Crippen LogP contribution >= 0.6 is 0 Å². The zero-order chi connectivity index (χ0) is 18.4. The molecule has 0 radical (unpaired) electrons. The predicted octanol–water partition coefficient (Wildman–Crippen LogP) is 5.34. The first-order chi connectivity index (χ1) is 13.1. The number of hydrogen-bond donors (Lipinski definition) is 2. The van der Waals surface area contributed by atoms with Crippen LogP contribution in [0.2, 0.25) is 0 Å². The summed E-state index contributed by atoms with van der Waals surface area (Å²) >= 11 is 0. The third-order valence-corrected chi connectivity index (χ3v) is 5.94. The van der Waals surface area contributed by atoms with Gasteiger partial charge in [0, 0.05) is 43.7 Å². The highest BCUT2D eigenvalue weighted by Crippen LogP contribution is 2.44. The lowest BCUT2D eigenvalue weighted by atomic mass is 9.94. The van der Waals surface area contributed by atoms with E-state index in [1.807, 2.05) is 50.2 Å². The molecule has 0 amide bonds. The molecule has 0 saturated carbocycles. The molecule has 2 aromatic heterocycles. The van der Waals surface area contributed by atoms with Gasteiger partial charge in [0.15, 0.2) is 11.6 Å². The van der Waals surface area contributed by atoms with E-state index in [4.69, 9.17) is 0 Å². The number of ketones is 2. The van der Waals surface area contributed by atoms with Gasteiger partial charge in [0.1, 0.15) is 0 Å². The molecule has 6 rings (SSSR count). The van der Waals surface area contributed by atoms with Gasteiger partial charge in [0.2, 0.25) is 0 Å². The van der Waals surface area contributed by atoms with Crippen molar-refractivity contribution >= 4 is 55.2 Å². The van der Waals surface area contributed by atoms with E-state index in [1.165, 1.54) is 0 Å². The van der Waals surface area contributed by atoms with E-state index in [-0.39, 0.29) is 18.0 Å². The summed E-state index contributed by atoms with van der Waals surface area (Å²) in [5.41, 5.74) is 7.17. The third-order valence-electron chi connectivity index (χ3n) is 5.94. The van der Waals surface area contributed by atoms with Crippen LogP contribution in [0.5, 0.6) is 0 Å². The van der Waals surface area contributed by atoms with Crippen LogP contribution in [0.1, 0.15) is 38.3 Å². The number of rotatable bonds is 0.